The number of nitrogens with zero attached hydrogens (tertiary/aromatic N) is 1. The molecule has 1 aliphatic heterocycles. The predicted octanol–water partition coefficient (Wildman–Crippen LogP) is -0.0585. The van der Waals surface area contributed by atoms with Crippen LogP contribution in [0, 0.1) is 0 Å². The number of nitrogens with one attached hydrogen (secondary N) is 1. The average molecular weight is 202 g/mol. The molecule has 4 nitrogen and oxygen atoms in total. The number of hydrogen-bond acceptors (Lipinski definition) is 4. The molecule has 0 spiro atoms. The Morgan fingerprint density at radius 2 is 1.79 bits per heavy atom. The van der Waals surface area contributed by atoms with Crippen molar-refractivity contribution < 1.29 is 9.47 Å². The lowest BCUT2D eigenvalue weighted by Gasteiger charge is -2.14. The second-order valence-electron chi connectivity index (χ2n) is 3.76. The first kappa shape index (κ1) is 11.9. The third kappa shape index (κ3) is 3.20. The molecule has 84 valence electrons. The number of likely N-dealkylation sites (tertiary alicyclic amines) is 1. The SMILES string of the molecule is CNCCCN1CC(OC)C(OC)C1. The van der Waals surface area contributed by atoms with E-state index in [1.807, 2.05) is 7.05 Å². The quantitative estimate of drug-likeness (QED) is 0.612. The monoisotopic (exact) mass is 202 g/mol. The molecule has 0 aromatic carbocycles. The van der Waals surface area contributed by atoms with E-state index in [0.717, 1.165) is 26.2 Å². The molecule has 0 saturated carbocycles. The lowest BCUT2D eigenvalue weighted by Crippen LogP contribution is -2.27. The molecule has 14 heavy (non-hydrogen) atoms. The number of methoxy groups -OCH3 is 2. The van der Waals surface area contributed by atoms with Crippen LogP contribution in [0.2, 0.25) is 0 Å². The van der Waals surface area contributed by atoms with Crippen molar-refractivity contribution >= 4 is 0 Å². The van der Waals surface area contributed by atoms with Gasteiger partial charge in [-0.05, 0) is 26.6 Å². The van der Waals surface area contributed by atoms with Crippen LogP contribution in [0.25, 0.3) is 0 Å². The Kier molecular flexibility index (Phi) is 5.40. The zero-order valence-electron chi connectivity index (χ0n) is 9.45. The summed E-state index contributed by atoms with van der Waals surface area (Å²) >= 11 is 0. The highest BCUT2D eigenvalue weighted by molar-refractivity contribution is 4.85. The van der Waals surface area contributed by atoms with Crippen LogP contribution in [0.1, 0.15) is 6.42 Å². The summed E-state index contributed by atoms with van der Waals surface area (Å²) in [5, 5.41) is 3.15. The van der Waals surface area contributed by atoms with E-state index in [9.17, 15) is 0 Å². The van der Waals surface area contributed by atoms with Gasteiger partial charge < -0.3 is 14.8 Å². The normalized spacial score (nSPS) is 28.5. The van der Waals surface area contributed by atoms with Gasteiger partial charge in [-0.25, -0.2) is 0 Å². The topological polar surface area (TPSA) is 33.7 Å². The Morgan fingerprint density at radius 3 is 2.21 bits per heavy atom. The van der Waals surface area contributed by atoms with Crippen LogP contribution in [0.3, 0.4) is 0 Å². The Morgan fingerprint density at radius 1 is 1.21 bits per heavy atom. The van der Waals surface area contributed by atoms with Crippen LogP contribution in [-0.2, 0) is 9.47 Å². The van der Waals surface area contributed by atoms with Crippen LogP contribution >= 0.6 is 0 Å². The molecule has 1 saturated heterocycles. The molecule has 2 atom stereocenters. The van der Waals surface area contributed by atoms with E-state index in [2.05, 4.69) is 10.2 Å². The van der Waals surface area contributed by atoms with Crippen molar-refractivity contribution in [1.29, 1.82) is 0 Å². The van der Waals surface area contributed by atoms with Gasteiger partial charge in [0.2, 0.25) is 0 Å². The maximum absolute atomic E-state index is 5.37. The lowest BCUT2D eigenvalue weighted by atomic mass is 10.3. The Bertz CT molecular complexity index is 143. The standard InChI is InChI=1S/C10H22N2O2/c1-11-5-4-6-12-7-9(13-2)10(8-12)14-3/h9-11H,4-8H2,1-3H3. The first-order valence-corrected chi connectivity index (χ1v) is 5.24. The van der Waals surface area contributed by atoms with Gasteiger partial charge >= 0.3 is 0 Å². The summed E-state index contributed by atoms with van der Waals surface area (Å²) in [7, 11) is 5.50. The molecule has 4 heteroatoms. The molecule has 0 aliphatic carbocycles. The van der Waals surface area contributed by atoms with Gasteiger partial charge in [-0.2, -0.15) is 0 Å². The van der Waals surface area contributed by atoms with Gasteiger partial charge in [-0.3, -0.25) is 4.90 Å². The molecule has 0 bridgehead atoms. The van der Waals surface area contributed by atoms with E-state index >= 15 is 0 Å². The summed E-state index contributed by atoms with van der Waals surface area (Å²) in [5.41, 5.74) is 0. The molecule has 1 fully saturated rings. The Hall–Kier alpha value is -0.160. The summed E-state index contributed by atoms with van der Waals surface area (Å²) in [5.74, 6) is 0. The summed E-state index contributed by atoms with van der Waals surface area (Å²) in [6.07, 6.45) is 1.67. The molecule has 1 aliphatic rings. The molecule has 0 aromatic heterocycles. The Labute approximate surface area is 86.6 Å². The van der Waals surface area contributed by atoms with Gasteiger partial charge in [-0.1, -0.05) is 0 Å². The minimum absolute atomic E-state index is 0.245. The summed E-state index contributed by atoms with van der Waals surface area (Å²) in [4.78, 5) is 2.40. The molecule has 0 aromatic rings. The zero-order valence-corrected chi connectivity index (χ0v) is 9.45. The van der Waals surface area contributed by atoms with E-state index < -0.39 is 0 Å². The van der Waals surface area contributed by atoms with Crippen molar-refractivity contribution in [2.45, 2.75) is 18.6 Å². The molecular formula is C10H22N2O2. The predicted molar refractivity (Wildman–Crippen MR) is 56.6 cm³/mol. The van der Waals surface area contributed by atoms with Crippen molar-refractivity contribution in [3.63, 3.8) is 0 Å². The molecule has 0 amide bonds. The van der Waals surface area contributed by atoms with Crippen LogP contribution < -0.4 is 5.32 Å². The second-order valence-corrected chi connectivity index (χ2v) is 3.76. The smallest absolute Gasteiger partial charge is 0.0971 e. The number of hydrogen-bond donors (Lipinski definition) is 1. The van der Waals surface area contributed by atoms with E-state index in [4.69, 9.17) is 9.47 Å². The number of rotatable bonds is 6. The minimum atomic E-state index is 0.245. The van der Waals surface area contributed by atoms with Crippen LogP contribution in [0.15, 0.2) is 0 Å². The van der Waals surface area contributed by atoms with E-state index in [1.165, 1.54) is 6.42 Å². The second kappa shape index (κ2) is 6.35. The Balaban J connectivity index is 2.23. The highest BCUT2D eigenvalue weighted by Crippen LogP contribution is 2.15. The maximum atomic E-state index is 5.37. The van der Waals surface area contributed by atoms with Crippen LogP contribution in [-0.4, -0.2) is 64.6 Å². The fourth-order valence-corrected chi connectivity index (χ4v) is 1.93. The lowest BCUT2D eigenvalue weighted by molar-refractivity contribution is -0.00461. The first-order chi connectivity index (χ1) is 6.81. The van der Waals surface area contributed by atoms with Crippen molar-refractivity contribution in [3.05, 3.63) is 0 Å². The molecule has 1 N–H and O–H groups in total. The van der Waals surface area contributed by atoms with Gasteiger partial charge in [0, 0.05) is 27.3 Å². The number of ether oxygens (including phenoxy) is 2. The van der Waals surface area contributed by atoms with E-state index in [-0.39, 0.29) is 12.2 Å². The maximum Gasteiger partial charge on any atom is 0.0971 e. The minimum Gasteiger partial charge on any atom is -0.377 e. The van der Waals surface area contributed by atoms with Crippen molar-refractivity contribution in [3.8, 4) is 0 Å². The molecular weight excluding hydrogens is 180 g/mol. The van der Waals surface area contributed by atoms with Gasteiger partial charge in [-0.15, -0.1) is 0 Å². The zero-order chi connectivity index (χ0) is 10.4. The van der Waals surface area contributed by atoms with Gasteiger partial charge in [0.25, 0.3) is 0 Å². The van der Waals surface area contributed by atoms with E-state index in [1.54, 1.807) is 14.2 Å². The molecule has 1 heterocycles. The fourth-order valence-electron chi connectivity index (χ4n) is 1.93. The summed E-state index contributed by atoms with van der Waals surface area (Å²) < 4.78 is 10.7. The highest BCUT2D eigenvalue weighted by Gasteiger charge is 2.32. The highest BCUT2D eigenvalue weighted by atomic mass is 16.5. The summed E-state index contributed by atoms with van der Waals surface area (Å²) in [6, 6.07) is 0. The van der Waals surface area contributed by atoms with Crippen LogP contribution in [0.5, 0.6) is 0 Å². The third-order valence-corrected chi connectivity index (χ3v) is 2.80. The average Bonchev–Trinajstić information content (AvgIpc) is 2.61. The molecule has 1 rings (SSSR count). The fraction of sp³-hybridized carbons (Fsp3) is 1.00. The largest absolute Gasteiger partial charge is 0.377 e. The van der Waals surface area contributed by atoms with Gasteiger partial charge in [0.1, 0.15) is 0 Å². The van der Waals surface area contributed by atoms with Gasteiger partial charge in [0.15, 0.2) is 0 Å². The third-order valence-electron chi connectivity index (χ3n) is 2.80. The molecule has 0 radical (unpaired) electrons. The van der Waals surface area contributed by atoms with Crippen LogP contribution in [0.4, 0.5) is 0 Å². The summed E-state index contributed by atoms with van der Waals surface area (Å²) in [6.45, 7) is 4.20. The first-order valence-electron chi connectivity index (χ1n) is 5.24. The van der Waals surface area contributed by atoms with Gasteiger partial charge in [0.05, 0.1) is 12.2 Å². The molecule has 2 unspecified atom stereocenters. The van der Waals surface area contributed by atoms with Crippen molar-refractivity contribution in [2.75, 3.05) is 47.4 Å². The van der Waals surface area contributed by atoms with Crippen molar-refractivity contribution in [1.82, 2.24) is 10.2 Å². The van der Waals surface area contributed by atoms with Crippen molar-refractivity contribution in [2.24, 2.45) is 0 Å². The van der Waals surface area contributed by atoms with E-state index in [0.29, 0.717) is 0 Å².